The van der Waals surface area contributed by atoms with E-state index in [4.69, 9.17) is 0 Å². The van der Waals surface area contributed by atoms with Gasteiger partial charge in [0.05, 0.1) is 0 Å². The van der Waals surface area contributed by atoms with Gasteiger partial charge in [0.1, 0.15) is 0 Å². The molecule has 1 unspecified atom stereocenters. The molecule has 1 N–H and O–H groups in total. The number of hydrogen-bond acceptors (Lipinski definition) is 1. The molecule has 1 atom stereocenters. The minimum Gasteiger partial charge on any atom is -0.354 e. The van der Waals surface area contributed by atoms with Gasteiger partial charge in [0.15, 0.2) is 0 Å². The van der Waals surface area contributed by atoms with Crippen LogP contribution >= 0.6 is 9.24 Å². The van der Waals surface area contributed by atoms with Gasteiger partial charge in [-0.25, -0.2) is 0 Å². The lowest BCUT2D eigenvalue weighted by atomic mass is 9.95. The van der Waals surface area contributed by atoms with Crippen molar-refractivity contribution in [1.82, 2.24) is 5.32 Å². The highest BCUT2D eigenvalue weighted by molar-refractivity contribution is 7.17. The van der Waals surface area contributed by atoms with Crippen LogP contribution in [0.4, 0.5) is 0 Å². The maximum Gasteiger partial charge on any atom is 0.217 e. The number of carbonyl (C=O) groups is 1. The van der Waals surface area contributed by atoms with Crippen LogP contribution in [0.5, 0.6) is 0 Å². The van der Waals surface area contributed by atoms with E-state index in [1.54, 1.807) is 6.92 Å². The van der Waals surface area contributed by atoms with Gasteiger partial charge in [0.25, 0.3) is 0 Å². The Hall–Kier alpha value is -0.100. The van der Waals surface area contributed by atoms with Crippen molar-refractivity contribution in [3.8, 4) is 0 Å². The third-order valence-electron chi connectivity index (χ3n) is 2.18. The van der Waals surface area contributed by atoms with Crippen LogP contribution in [-0.4, -0.2) is 17.6 Å². The van der Waals surface area contributed by atoms with Gasteiger partial charge in [0.2, 0.25) is 5.91 Å². The molecule has 0 radical (unpaired) electrons. The molecule has 64 valence electrons. The minimum atomic E-state index is 0.109. The van der Waals surface area contributed by atoms with Crippen LogP contribution in [0.15, 0.2) is 0 Å². The van der Waals surface area contributed by atoms with E-state index in [2.05, 4.69) is 14.6 Å². The molecule has 0 aromatic rings. The molecule has 1 rings (SSSR count). The van der Waals surface area contributed by atoms with E-state index < -0.39 is 0 Å². The molecular weight excluding hydrogens is 157 g/mol. The average Bonchev–Trinajstić information content (AvgIpc) is 1.93. The van der Waals surface area contributed by atoms with Crippen LogP contribution in [0.2, 0.25) is 0 Å². The first-order chi connectivity index (χ1) is 5.18. The number of rotatable bonds is 1. The van der Waals surface area contributed by atoms with Crippen molar-refractivity contribution in [1.29, 1.82) is 0 Å². The highest BCUT2D eigenvalue weighted by Crippen LogP contribution is 2.24. The first-order valence-electron chi connectivity index (χ1n) is 4.21. The first-order valence-corrected chi connectivity index (χ1v) is 4.88. The van der Waals surface area contributed by atoms with E-state index in [0.717, 1.165) is 18.5 Å². The van der Waals surface area contributed by atoms with Gasteiger partial charge < -0.3 is 5.32 Å². The summed E-state index contributed by atoms with van der Waals surface area (Å²) < 4.78 is 0. The average molecular weight is 173 g/mol. The number of hydrogen-bond donors (Lipinski definition) is 1. The first kappa shape index (κ1) is 8.99. The number of amides is 1. The Morgan fingerprint density at radius 2 is 1.91 bits per heavy atom. The molecular formula is C8H16NOP. The van der Waals surface area contributed by atoms with Crippen LogP contribution in [0.25, 0.3) is 0 Å². The Balaban J connectivity index is 2.22. The lowest BCUT2D eigenvalue weighted by Gasteiger charge is -2.26. The number of carbonyl (C=O) groups excluding carboxylic acids is 1. The quantitative estimate of drug-likeness (QED) is 0.595. The van der Waals surface area contributed by atoms with Crippen molar-refractivity contribution in [3.63, 3.8) is 0 Å². The summed E-state index contributed by atoms with van der Waals surface area (Å²) in [5.41, 5.74) is 0.778. The Bertz CT molecular complexity index is 141. The van der Waals surface area contributed by atoms with Gasteiger partial charge in [-0.15, -0.1) is 9.24 Å². The fourth-order valence-corrected chi connectivity index (χ4v) is 1.94. The molecule has 1 fully saturated rings. The summed E-state index contributed by atoms with van der Waals surface area (Å²) in [5, 5.41) is 2.95. The lowest BCUT2D eigenvalue weighted by Crippen LogP contribution is -2.36. The fraction of sp³-hybridized carbons (Fsp3) is 0.875. The molecule has 0 aromatic carbocycles. The topological polar surface area (TPSA) is 29.1 Å². The van der Waals surface area contributed by atoms with Gasteiger partial charge in [-0.05, 0) is 31.3 Å². The number of nitrogens with one attached hydrogen (secondary N) is 1. The van der Waals surface area contributed by atoms with E-state index in [1.165, 1.54) is 12.8 Å². The van der Waals surface area contributed by atoms with Crippen LogP contribution in [0.3, 0.4) is 0 Å². The highest BCUT2D eigenvalue weighted by Gasteiger charge is 2.18. The van der Waals surface area contributed by atoms with Crippen molar-refractivity contribution in [2.75, 3.05) is 0 Å². The summed E-state index contributed by atoms with van der Waals surface area (Å²) in [5.74, 6) is 0.109. The molecule has 0 heterocycles. The van der Waals surface area contributed by atoms with Crippen molar-refractivity contribution in [2.24, 2.45) is 0 Å². The van der Waals surface area contributed by atoms with Crippen LogP contribution in [0.1, 0.15) is 32.6 Å². The predicted octanol–water partition coefficient (Wildman–Crippen LogP) is 1.31. The van der Waals surface area contributed by atoms with E-state index in [-0.39, 0.29) is 5.91 Å². The SMILES string of the molecule is CC(=O)NC1CCC(P)CC1. The summed E-state index contributed by atoms with van der Waals surface area (Å²) in [6.07, 6.45) is 4.76. The minimum absolute atomic E-state index is 0.109. The maximum absolute atomic E-state index is 10.7. The van der Waals surface area contributed by atoms with E-state index in [9.17, 15) is 4.79 Å². The molecule has 0 bridgehead atoms. The molecule has 1 aliphatic carbocycles. The van der Waals surface area contributed by atoms with Gasteiger partial charge >= 0.3 is 0 Å². The Morgan fingerprint density at radius 3 is 2.36 bits per heavy atom. The van der Waals surface area contributed by atoms with Crippen molar-refractivity contribution >= 4 is 15.1 Å². The Morgan fingerprint density at radius 1 is 1.36 bits per heavy atom. The third-order valence-corrected chi connectivity index (χ3v) is 2.85. The summed E-state index contributed by atoms with van der Waals surface area (Å²) in [7, 11) is 2.85. The van der Waals surface area contributed by atoms with Crippen LogP contribution in [0, 0.1) is 0 Å². The molecule has 0 aromatic heterocycles. The summed E-state index contributed by atoms with van der Waals surface area (Å²) in [6.45, 7) is 1.59. The van der Waals surface area contributed by atoms with Crippen LogP contribution in [-0.2, 0) is 4.79 Å². The van der Waals surface area contributed by atoms with Gasteiger partial charge in [0, 0.05) is 13.0 Å². The van der Waals surface area contributed by atoms with Crippen molar-refractivity contribution in [3.05, 3.63) is 0 Å². The molecule has 0 spiro atoms. The second-order valence-corrected chi connectivity index (χ2v) is 4.26. The Kier molecular flexibility index (Phi) is 3.32. The van der Waals surface area contributed by atoms with E-state index in [1.807, 2.05) is 0 Å². The van der Waals surface area contributed by atoms with E-state index in [0.29, 0.717) is 6.04 Å². The standard InChI is InChI=1S/C8H16NOP/c1-6(10)9-7-2-4-8(11)5-3-7/h7-8H,2-5,11H2,1H3,(H,9,10). The smallest absolute Gasteiger partial charge is 0.217 e. The molecule has 1 amide bonds. The highest BCUT2D eigenvalue weighted by atomic mass is 31.0. The zero-order valence-corrected chi connectivity index (χ0v) is 8.12. The molecule has 1 saturated carbocycles. The largest absolute Gasteiger partial charge is 0.354 e. The third kappa shape index (κ3) is 3.20. The molecule has 2 nitrogen and oxygen atoms in total. The Labute approximate surface area is 70.3 Å². The normalized spacial score (nSPS) is 31.5. The predicted molar refractivity (Wildman–Crippen MR) is 49.6 cm³/mol. The zero-order chi connectivity index (χ0) is 8.27. The molecule has 0 aliphatic heterocycles. The summed E-state index contributed by atoms with van der Waals surface area (Å²) in [4.78, 5) is 10.7. The summed E-state index contributed by atoms with van der Waals surface area (Å²) >= 11 is 0. The van der Waals surface area contributed by atoms with Crippen molar-refractivity contribution < 1.29 is 4.79 Å². The van der Waals surface area contributed by atoms with Crippen LogP contribution < -0.4 is 5.32 Å². The van der Waals surface area contributed by atoms with Gasteiger partial charge in [-0.3, -0.25) is 4.79 Å². The summed E-state index contributed by atoms with van der Waals surface area (Å²) in [6, 6.07) is 0.448. The molecule has 1 aliphatic rings. The van der Waals surface area contributed by atoms with Gasteiger partial charge in [-0.1, -0.05) is 0 Å². The fourth-order valence-electron chi connectivity index (χ4n) is 1.55. The monoisotopic (exact) mass is 173 g/mol. The molecule has 0 saturated heterocycles. The molecule has 3 heteroatoms. The maximum atomic E-state index is 10.7. The second kappa shape index (κ2) is 4.06. The van der Waals surface area contributed by atoms with E-state index >= 15 is 0 Å². The zero-order valence-electron chi connectivity index (χ0n) is 6.97. The molecule has 11 heavy (non-hydrogen) atoms. The van der Waals surface area contributed by atoms with Gasteiger partial charge in [-0.2, -0.15) is 0 Å². The second-order valence-electron chi connectivity index (χ2n) is 3.31. The lowest BCUT2D eigenvalue weighted by molar-refractivity contribution is -0.119. The van der Waals surface area contributed by atoms with Crippen molar-refractivity contribution in [2.45, 2.75) is 44.3 Å².